The van der Waals surface area contributed by atoms with Gasteiger partial charge in [0.2, 0.25) is 0 Å². The zero-order valence-electron chi connectivity index (χ0n) is 10.9. The van der Waals surface area contributed by atoms with E-state index in [2.05, 4.69) is 48.5 Å². The fourth-order valence-corrected chi connectivity index (χ4v) is 2.79. The maximum Gasteiger partial charge on any atom is 2.00 e. The molecule has 0 radical (unpaired) electrons. The van der Waals surface area contributed by atoms with E-state index in [4.69, 9.17) is 8.85 Å². The van der Waals surface area contributed by atoms with Crippen molar-refractivity contribution in [2.75, 3.05) is 0 Å². The van der Waals surface area contributed by atoms with Crippen LogP contribution in [0.15, 0.2) is 0 Å². The SMILES string of the molecule is [Br-].[CH2-]C[SiH](OC(C)(C)C)OC(C)(C)C.[Mg+2]. The minimum Gasteiger partial charge on any atom is -1.00 e. The first-order valence-electron chi connectivity index (χ1n) is 4.79. The van der Waals surface area contributed by atoms with Gasteiger partial charge in [-0.1, -0.05) is 0 Å². The first-order valence-corrected chi connectivity index (χ1v) is 6.55. The number of hydrogen-bond donors (Lipinski definition) is 0. The smallest absolute Gasteiger partial charge is 1.00 e. The minimum absolute atomic E-state index is 0. The summed E-state index contributed by atoms with van der Waals surface area (Å²) in [6.45, 7) is 16.2. The molecule has 0 heterocycles. The van der Waals surface area contributed by atoms with Crippen molar-refractivity contribution in [1.29, 1.82) is 0 Å². The van der Waals surface area contributed by atoms with Crippen molar-refractivity contribution in [3.05, 3.63) is 6.92 Å². The van der Waals surface area contributed by atoms with Gasteiger partial charge in [-0.3, -0.25) is 0 Å². The van der Waals surface area contributed by atoms with E-state index in [-0.39, 0.29) is 51.2 Å². The van der Waals surface area contributed by atoms with Gasteiger partial charge in [-0.25, -0.2) is 0 Å². The molecule has 0 aliphatic carbocycles. The predicted octanol–water partition coefficient (Wildman–Crippen LogP) is -0.706. The summed E-state index contributed by atoms with van der Waals surface area (Å²) >= 11 is 0. The summed E-state index contributed by atoms with van der Waals surface area (Å²) in [5.41, 5.74) is -0.223. The molecule has 0 rings (SSSR count). The molecule has 0 spiro atoms. The van der Waals surface area contributed by atoms with Gasteiger partial charge in [0, 0.05) is 11.2 Å². The quantitative estimate of drug-likeness (QED) is 0.507. The Kier molecular flexibility index (Phi) is 12.2. The van der Waals surface area contributed by atoms with Gasteiger partial charge in [-0.2, -0.15) is 0 Å². The van der Waals surface area contributed by atoms with Crippen LogP contribution in [0.2, 0.25) is 6.04 Å². The molecule has 0 bridgehead atoms. The van der Waals surface area contributed by atoms with Crippen molar-refractivity contribution in [1.82, 2.24) is 0 Å². The summed E-state index contributed by atoms with van der Waals surface area (Å²) in [5.74, 6) is 0. The molecule has 5 heteroatoms. The fraction of sp³-hybridized carbons (Fsp3) is 0.900. The van der Waals surface area contributed by atoms with Crippen molar-refractivity contribution in [3.8, 4) is 0 Å². The van der Waals surface area contributed by atoms with Crippen molar-refractivity contribution >= 4 is 32.3 Å². The second-order valence-corrected chi connectivity index (χ2v) is 7.09. The molecule has 0 aromatic carbocycles. The van der Waals surface area contributed by atoms with Crippen LogP contribution in [0.25, 0.3) is 0 Å². The fourth-order valence-electron chi connectivity index (χ4n) is 0.931. The van der Waals surface area contributed by atoms with E-state index in [0.29, 0.717) is 0 Å². The number of hydrogen-bond acceptors (Lipinski definition) is 2. The standard InChI is InChI=1S/C10H23O2Si.BrH.Mg/c1-8-13(11-9(2,3)4)12-10(5,6)7;;/h13H,1,8H2,2-7H3;1H;/q-1;;+2/p-1. The van der Waals surface area contributed by atoms with Gasteiger partial charge in [0.05, 0.1) is 0 Å². The van der Waals surface area contributed by atoms with E-state index >= 15 is 0 Å². The van der Waals surface area contributed by atoms with Gasteiger partial charge in [0.15, 0.2) is 0 Å². The maximum atomic E-state index is 5.82. The van der Waals surface area contributed by atoms with Crippen molar-refractivity contribution in [2.45, 2.75) is 58.8 Å². The summed E-state index contributed by atoms with van der Waals surface area (Å²) < 4.78 is 11.6. The van der Waals surface area contributed by atoms with E-state index in [1.165, 1.54) is 0 Å². The van der Waals surface area contributed by atoms with Crippen LogP contribution in [-0.2, 0) is 8.85 Å². The Labute approximate surface area is 123 Å². The Hall–Kier alpha value is 1.38. The maximum absolute atomic E-state index is 5.82. The monoisotopic (exact) mass is 306 g/mol. The van der Waals surface area contributed by atoms with Crippen LogP contribution in [0.3, 0.4) is 0 Å². The summed E-state index contributed by atoms with van der Waals surface area (Å²) in [5, 5.41) is 0. The van der Waals surface area contributed by atoms with E-state index in [9.17, 15) is 0 Å². The van der Waals surface area contributed by atoms with Gasteiger partial charge in [-0.15, -0.1) is 6.04 Å². The van der Waals surface area contributed by atoms with E-state index in [1.54, 1.807) is 0 Å². The molecule has 15 heavy (non-hydrogen) atoms. The molecule has 0 aromatic heterocycles. The van der Waals surface area contributed by atoms with Crippen molar-refractivity contribution in [3.63, 3.8) is 0 Å². The molecule has 0 saturated heterocycles. The zero-order valence-corrected chi connectivity index (χ0v) is 15.0. The Morgan fingerprint density at radius 3 is 1.33 bits per heavy atom. The Balaban J connectivity index is -0.000000720. The molecule has 0 aliphatic heterocycles. The van der Waals surface area contributed by atoms with Gasteiger partial charge in [0.1, 0.15) is 0 Å². The molecule has 88 valence electrons. The van der Waals surface area contributed by atoms with Gasteiger partial charge in [0.25, 0.3) is 9.28 Å². The molecule has 0 atom stereocenters. The van der Waals surface area contributed by atoms with Gasteiger partial charge >= 0.3 is 23.1 Å². The largest absolute Gasteiger partial charge is 2.00 e. The molecule has 2 nitrogen and oxygen atoms in total. The summed E-state index contributed by atoms with van der Waals surface area (Å²) in [7, 11) is -1.57. The average Bonchev–Trinajstić information content (AvgIpc) is 1.79. The first-order chi connectivity index (χ1) is 5.64. The van der Waals surface area contributed by atoms with Crippen LogP contribution in [0.1, 0.15) is 41.5 Å². The van der Waals surface area contributed by atoms with Gasteiger partial charge in [-0.05, 0) is 41.5 Å². The Morgan fingerprint density at radius 1 is 0.933 bits per heavy atom. The van der Waals surface area contributed by atoms with E-state index in [0.717, 1.165) is 6.04 Å². The Bertz CT molecular complexity index is 138. The summed E-state index contributed by atoms with van der Waals surface area (Å²) in [6.07, 6.45) is 0. The van der Waals surface area contributed by atoms with E-state index in [1.807, 2.05) is 0 Å². The molecule has 0 aromatic rings. The van der Waals surface area contributed by atoms with Crippen LogP contribution in [0.5, 0.6) is 0 Å². The van der Waals surface area contributed by atoms with Crippen molar-refractivity contribution < 1.29 is 25.8 Å². The molecular weight excluding hydrogens is 284 g/mol. The second-order valence-electron chi connectivity index (χ2n) is 5.18. The minimum atomic E-state index is -1.57. The molecule has 0 fully saturated rings. The normalized spacial score (nSPS) is 12.0. The second kappa shape index (κ2) is 8.47. The van der Waals surface area contributed by atoms with Crippen LogP contribution >= 0.6 is 0 Å². The first kappa shape index (κ1) is 21.6. The third-order valence-electron chi connectivity index (χ3n) is 1.21. The summed E-state index contributed by atoms with van der Waals surface area (Å²) in [4.78, 5) is 0. The van der Waals surface area contributed by atoms with Gasteiger partial charge < -0.3 is 32.8 Å². The van der Waals surface area contributed by atoms with Crippen LogP contribution in [0.4, 0.5) is 0 Å². The van der Waals surface area contributed by atoms with Crippen LogP contribution < -0.4 is 17.0 Å². The molecule has 0 N–H and O–H groups in total. The van der Waals surface area contributed by atoms with Crippen LogP contribution in [-0.4, -0.2) is 43.5 Å². The molecule has 0 saturated carbocycles. The third kappa shape index (κ3) is 15.4. The Morgan fingerprint density at radius 2 is 1.20 bits per heavy atom. The molecule has 0 amide bonds. The van der Waals surface area contributed by atoms with E-state index < -0.39 is 9.28 Å². The number of rotatable bonds is 3. The van der Waals surface area contributed by atoms with Crippen molar-refractivity contribution in [2.24, 2.45) is 0 Å². The van der Waals surface area contributed by atoms with Crippen LogP contribution in [0, 0.1) is 6.92 Å². The zero-order chi connectivity index (χ0) is 10.7. The molecular formula is C10H23BrMgO2Si. The number of halogens is 1. The molecule has 0 aliphatic rings. The molecule has 0 unspecified atom stereocenters. The average molecular weight is 308 g/mol. The topological polar surface area (TPSA) is 18.5 Å². The predicted molar refractivity (Wildman–Crippen MR) is 64.7 cm³/mol. The third-order valence-corrected chi connectivity index (χ3v) is 3.62. The summed E-state index contributed by atoms with van der Waals surface area (Å²) in [6, 6.07) is 0.772.